The van der Waals surface area contributed by atoms with Crippen molar-refractivity contribution in [1.29, 1.82) is 0 Å². The van der Waals surface area contributed by atoms with E-state index in [1.807, 2.05) is 0 Å². The van der Waals surface area contributed by atoms with Gasteiger partial charge in [0.05, 0.1) is 28.3 Å². The number of ether oxygens (including phenoxy) is 4. The molecule has 2 aromatic rings. The van der Waals surface area contributed by atoms with Crippen LogP contribution in [0.2, 0.25) is 15.1 Å². The molecule has 2 aromatic carbocycles. The fourth-order valence-corrected chi connectivity index (χ4v) is 2.97. The number of esters is 1. The predicted octanol–water partition coefficient (Wildman–Crippen LogP) is 4.37. The van der Waals surface area contributed by atoms with Crippen molar-refractivity contribution in [3.05, 3.63) is 45.4 Å². The van der Waals surface area contributed by atoms with Gasteiger partial charge in [0.15, 0.2) is 24.7 Å². The van der Waals surface area contributed by atoms with Crippen LogP contribution in [0.5, 0.6) is 17.2 Å². The van der Waals surface area contributed by atoms with Gasteiger partial charge in [-0.2, -0.15) is 0 Å². The molecule has 3 rings (SSSR count). The summed E-state index contributed by atoms with van der Waals surface area (Å²) in [5, 5.41) is 3.31. The number of hydrogen-bond acceptors (Lipinski definition) is 6. The highest BCUT2D eigenvalue weighted by atomic mass is 35.5. The second-order valence-electron chi connectivity index (χ2n) is 5.91. The van der Waals surface area contributed by atoms with Crippen molar-refractivity contribution in [2.75, 3.05) is 31.7 Å². The first-order chi connectivity index (χ1) is 13.9. The standard InChI is InChI=1S/C19H16Cl3NO6/c20-12-7-14(22)16(8-13(12)21)28-10-19(25)29-9-18(24)23-11-2-3-15-17(6-11)27-5-1-4-26-15/h2-3,6-8H,1,4-5,9-10H2,(H,23,24). The number of amides is 1. The third-order valence-corrected chi connectivity index (χ3v) is 4.73. The highest BCUT2D eigenvalue weighted by Gasteiger charge is 2.14. The highest BCUT2D eigenvalue weighted by Crippen LogP contribution is 2.34. The SMILES string of the molecule is O=C(COC(=O)COc1cc(Cl)c(Cl)cc1Cl)Nc1ccc2c(c1)OCCCO2. The van der Waals surface area contributed by atoms with E-state index in [2.05, 4.69) is 5.32 Å². The van der Waals surface area contributed by atoms with Crippen LogP contribution in [0.25, 0.3) is 0 Å². The number of benzene rings is 2. The van der Waals surface area contributed by atoms with Crippen molar-refractivity contribution in [2.45, 2.75) is 6.42 Å². The number of hydrogen-bond donors (Lipinski definition) is 1. The van der Waals surface area contributed by atoms with Crippen molar-refractivity contribution in [3.8, 4) is 17.2 Å². The highest BCUT2D eigenvalue weighted by molar-refractivity contribution is 6.43. The maximum Gasteiger partial charge on any atom is 0.344 e. The Morgan fingerprint density at radius 2 is 1.66 bits per heavy atom. The van der Waals surface area contributed by atoms with E-state index in [9.17, 15) is 9.59 Å². The number of carbonyl (C=O) groups is 2. The van der Waals surface area contributed by atoms with Crippen LogP contribution in [-0.2, 0) is 14.3 Å². The quantitative estimate of drug-likeness (QED) is 0.509. The van der Waals surface area contributed by atoms with Gasteiger partial charge < -0.3 is 24.3 Å². The number of fused-ring (bicyclic) bond motifs is 1. The second-order valence-corrected chi connectivity index (χ2v) is 7.13. The molecule has 29 heavy (non-hydrogen) atoms. The fraction of sp³-hybridized carbons (Fsp3) is 0.263. The second kappa shape index (κ2) is 9.91. The normalized spacial score (nSPS) is 12.7. The van der Waals surface area contributed by atoms with Crippen LogP contribution < -0.4 is 19.5 Å². The first-order valence-electron chi connectivity index (χ1n) is 8.55. The third kappa shape index (κ3) is 6.06. The van der Waals surface area contributed by atoms with Crippen LogP contribution >= 0.6 is 34.8 Å². The molecule has 0 spiro atoms. The summed E-state index contributed by atoms with van der Waals surface area (Å²) >= 11 is 17.7. The first-order valence-corrected chi connectivity index (χ1v) is 9.68. The van der Waals surface area contributed by atoms with Gasteiger partial charge in [0.2, 0.25) is 0 Å². The molecule has 0 radical (unpaired) electrons. The predicted molar refractivity (Wildman–Crippen MR) is 109 cm³/mol. The average molecular weight is 461 g/mol. The number of anilines is 1. The number of carbonyl (C=O) groups excluding carboxylic acids is 2. The molecule has 154 valence electrons. The molecule has 0 saturated heterocycles. The Morgan fingerprint density at radius 1 is 0.931 bits per heavy atom. The monoisotopic (exact) mass is 459 g/mol. The molecule has 0 bridgehead atoms. The van der Waals surface area contributed by atoms with Gasteiger partial charge in [0, 0.05) is 24.2 Å². The van der Waals surface area contributed by atoms with Crippen molar-refractivity contribution < 1.29 is 28.5 Å². The van der Waals surface area contributed by atoms with Crippen molar-refractivity contribution in [3.63, 3.8) is 0 Å². The molecule has 0 fully saturated rings. The molecule has 0 saturated carbocycles. The zero-order chi connectivity index (χ0) is 20.8. The lowest BCUT2D eigenvalue weighted by Gasteiger charge is -2.11. The molecule has 0 unspecified atom stereocenters. The maximum atomic E-state index is 12.0. The van der Waals surface area contributed by atoms with Crippen molar-refractivity contribution in [2.24, 2.45) is 0 Å². The molecule has 10 heteroatoms. The third-order valence-electron chi connectivity index (χ3n) is 3.72. The summed E-state index contributed by atoms with van der Waals surface area (Å²) in [4.78, 5) is 23.8. The molecule has 1 aliphatic heterocycles. The van der Waals surface area contributed by atoms with Gasteiger partial charge in [-0.3, -0.25) is 4.79 Å². The molecular formula is C19H16Cl3NO6. The minimum Gasteiger partial charge on any atom is -0.490 e. The number of halogens is 3. The largest absolute Gasteiger partial charge is 0.490 e. The zero-order valence-electron chi connectivity index (χ0n) is 15.0. The van der Waals surface area contributed by atoms with Crippen LogP contribution in [-0.4, -0.2) is 38.3 Å². The van der Waals surface area contributed by atoms with Crippen LogP contribution in [0.1, 0.15) is 6.42 Å². The number of nitrogens with one attached hydrogen (secondary N) is 1. The van der Waals surface area contributed by atoms with Gasteiger partial charge >= 0.3 is 5.97 Å². The Balaban J connectivity index is 1.46. The zero-order valence-corrected chi connectivity index (χ0v) is 17.3. The van der Waals surface area contributed by atoms with Gasteiger partial charge in [-0.1, -0.05) is 34.8 Å². The molecule has 0 atom stereocenters. The number of rotatable bonds is 6. The van der Waals surface area contributed by atoms with Crippen LogP contribution in [0, 0.1) is 0 Å². The van der Waals surface area contributed by atoms with E-state index in [-0.39, 0.29) is 20.8 Å². The summed E-state index contributed by atoms with van der Waals surface area (Å²) in [6.07, 6.45) is 0.780. The van der Waals surface area contributed by atoms with E-state index in [4.69, 9.17) is 53.8 Å². The molecule has 0 aromatic heterocycles. The maximum absolute atomic E-state index is 12.0. The Bertz CT molecular complexity index is 921. The molecule has 0 aliphatic carbocycles. The Labute approximate surface area is 181 Å². The summed E-state index contributed by atoms with van der Waals surface area (Å²) in [6.45, 7) is 0.176. The summed E-state index contributed by atoms with van der Waals surface area (Å²) in [5.41, 5.74) is 0.495. The molecule has 7 nitrogen and oxygen atoms in total. The molecule has 1 heterocycles. The van der Waals surface area contributed by atoms with Crippen molar-refractivity contribution in [1.82, 2.24) is 0 Å². The Kier molecular flexibility index (Phi) is 7.30. The van der Waals surface area contributed by atoms with E-state index in [1.165, 1.54) is 12.1 Å². The van der Waals surface area contributed by atoms with Gasteiger partial charge in [-0.05, 0) is 18.2 Å². The van der Waals surface area contributed by atoms with E-state index >= 15 is 0 Å². The minimum atomic E-state index is -0.749. The Hall–Kier alpha value is -2.35. The molecule has 1 aliphatic rings. The smallest absolute Gasteiger partial charge is 0.344 e. The van der Waals surface area contributed by atoms with Crippen LogP contribution in [0.4, 0.5) is 5.69 Å². The average Bonchev–Trinajstić information content (AvgIpc) is 2.93. The summed E-state index contributed by atoms with van der Waals surface area (Å²) in [7, 11) is 0. The lowest BCUT2D eigenvalue weighted by molar-refractivity contribution is -0.149. The van der Waals surface area contributed by atoms with Crippen LogP contribution in [0.15, 0.2) is 30.3 Å². The first kappa shape index (κ1) is 21.4. The molecule has 1 amide bonds. The van der Waals surface area contributed by atoms with E-state index in [0.29, 0.717) is 30.4 Å². The van der Waals surface area contributed by atoms with E-state index in [1.54, 1.807) is 18.2 Å². The fourth-order valence-electron chi connectivity index (χ4n) is 2.38. The molecule has 1 N–H and O–H groups in total. The Morgan fingerprint density at radius 3 is 2.45 bits per heavy atom. The topological polar surface area (TPSA) is 83.1 Å². The minimum absolute atomic E-state index is 0.176. The van der Waals surface area contributed by atoms with Gasteiger partial charge in [-0.15, -0.1) is 0 Å². The van der Waals surface area contributed by atoms with Gasteiger partial charge in [0.25, 0.3) is 5.91 Å². The lowest BCUT2D eigenvalue weighted by atomic mass is 10.2. The van der Waals surface area contributed by atoms with Crippen LogP contribution in [0.3, 0.4) is 0 Å². The van der Waals surface area contributed by atoms with E-state index < -0.39 is 25.1 Å². The molecular weight excluding hydrogens is 445 g/mol. The van der Waals surface area contributed by atoms with Crippen molar-refractivity contribution >= 4 is 52.4 Å². The van der Waals surface area contributed by atoms with E-state index in [0.717, 1.165) is 6.42 Å². The summed E-state index contributed by atoms with van der Waals surface area (Å²) in [6, 6.07) is 7.81. The van der Waals surface area contributed by atoms with Gasteiger partial charge in [-0.25, -0.2) is 4.79 Å². The lowest BCUT2D eigenvalue weighted by Crippen LogP contribution is -2.23. The summed E-state index contributed by atoms with van der Waals surface area (Å²) in [5.74, 6) is 0.0743. The summed E-state index contributed by atoms with van der Waals surface area (Å²) < 4.78 is 21.2. The van der Waals surface area contributed by atoms with Gasteiger partial charge in [0.1, 0.15) is 5.75 Å².